The highest BCUT2D eigenvalue weighted by Crippen LogP contribution is 2.21. The smallest absolute Gasteiger partial charge is 0.223 e. The van der Waals surface area contributed by atoms with Gasteiger partial charge in [0.15, 0.2) is 5.75 Å². The summed E-state index contributed by atoms with van der Waals surface area (Å²) in [4.78, 5) is 8.44. The number of nitrogens with one attached hydrogen (secondary N) is 2. The van der Waals surface area contributed by atoms with Gasteiger partial charge in [0.1, 0.15) is 0 Å². The van der Waals surface area contributed by atoms with Crippen LogP contribution in [0.3, 0.4) is 0 Å². The molecular weight excluding hydrogens is 216 g/mol. The number of nitrogens with zero attached hydrogens (tertiary/aromatic N) is 2. The Labute approximate surface area is 102 Å². The van der Waals surface area contributed by atoms with Gasteiger partial charge in [-0.3, -0.25) is 0 Å². The van der Waals surface area contributed by atoms with Crippen LogP contribution in [0.25, 0.3) is 0 Å². The topological polar surface area (TPSA) is 59.1 Å². The van der Waals surface area contributed by atoms with Crippen molar-refractivity contribution in [2.45, 2.75) is 37.8 Å². The van der Waals surface area contributed by atoms with Crippen molar-refractivity contribution in [1.82, 2.24) is 15.3 Å². The van der Waals surface area contributed by atoms with Gasteiger partial charge >= 0.3 is 0 Å². The largest absolute Gasteiger partial charge is 0.494 e. The van der Waals surface area contributed by atoms with Gasteiger partial charge in [0, 0.05) is 12.1 Å². The molecule has 2 N–H and O–H groups in total. The fourth-order valence-electron chi connectivity index (χ4n) is 2.21. The molecule has 1 fully saturated rings. The number of anilines is 1. The van der Waals surface area contributed by atoms with Gasteiger partial charge in [-0.15, -0.1) is 0 Å². The number of rotatable bonds is 4. The van der Waals surface area contributed by atoms with E-state index in [0.29, 0.717) is 23.8 Å². The highest BCUT2D eigenvalue weighted by molar-refractivity contribution is 5.28. The van der Waals surface area contributed by atoms with Crippen LogP contribution in [-0.2, 0) is 0 Å². The first-order valence-electron chi connectivity index (χ1n) is 6.11. The molecule has 1 saturated carbocycles. The number of ether oxygens (including phenoxy) is 1. The molecule has 17 heavy (non-hydrogen) atoms. The highest BCUT2D eigenvalue weighted by Gasteiger charge is 2.20. The summed E-state index contributed by atoms with van der Waals surface area (Å²) < 4.78 is 5.03. The summed E-state index contributed by atoms with van der Waals surface area (Å²) >= 11 is 0. The van der Waals surface area contributed by atoms with Gasteiger partial charge in [0.05, 0.1) is 19.5 Å². The first-order valence-corrected chi connectivity index (χ1v) is 6.11. The van der Waals surface area contributed by atoms with Crippen LogP contribution in [0.5, 0.6) is 5.75 Å². The minimum atomic E-state index is 0.494. The van der Waals surface area contributed by atoms with Gasteiger partial charge in [-0.25, -0.2) is 9.97 Å². The normalized spacial score (nSPS) is 24.4. The van der Waals surface area contributed by atoms with E-state index in [9.17, 15) is 0 Å². The molecule has 2 rings (SSSR count). The molecule has 1 aliphatic carbocycles. The van der Waals surface area contributed by atoms with E-state index >= 15 is 0 Å². The monoisotopic (exact) mass is 236 g/mol. The third-order valence-corrected chi connectivity index (χ3v) is 3.33. The molecule has 1 aromatic rings. The van der Waals surface area contributed by atoms with Crippen LogP contribution in [-0.4, -0.2) is 36.2 Å². The lowest BCUT2D eigenvalue weighted by atomic mass is 9.91. The van der Waals surface area contributed by atoms with E-state index in [-0.39, 0.29) is 0 Å². The molecule has 0 aromatic carbocycles. The number of hydrogen-bond donors (Lipinski definition) is 2. The minimum Gasteiger partial charge on any atom is -0.494 e. The zero-order valence-electron chi connectivity index (χ0n) is 10.4. The molecule has 5 heteroatoms. The van der Waals surface area contributed by atoms with Crippen molar-refractivity contribution in [3.8, 4) is 5.75 Å². The van der Waals surface area contributed by atoms with Crippen molar-refractivity contribution >= 4 is 5.95 Å². The summed E-state index contributed by atoms with van der Waals surface area (Å²) in [5.74, 6) is 1.38. The van der Waals surface area contributed by atoms with Crippen LogP contribution in [0.1, 0.15) is 25.7 Å². The van der Waals surface area contributed by atoms with Crippen LogP contribution >= 0.6 is 0 Å². The zero-order valence-corrected chi connectivity index (χ0v) is 10.4. The molecule has 0 saturated heterocycles. The Morgan fingerprint density at radius 1 is 1.12 bits per heavy atom. The fraction of sp³-hybridized carbons (Fsp3) is 0.667. The molecule has 1 aromatic heterocycles. The van der Waals surface area contributed by atoms with Gasteiger partial charge < -0.3 is 15.4 Å². The molecule has 0 atom stereocenters. The predicted octanol–water partition coefficient (Wildman–Crippen LogP) is 1.43. The maximum absolute atomic E-state index is 5.03. The quantitative estimate of drug-likeness (QED) is 0.828. The van der Waals surface area contributed by atoms with E-state index in [0.717, 1.165) is 0 Å². The molecule has 0 unspecified atom stereocenters. The van der Waals surface area contributed by atoms with Gasteiger partial charge in [-0.2, -0.15) is 0 Å². The first-order chi connectivity index (χ1) is 8.31. The van der Waals surface area contributed by atoms with E-state index in [2.05, 4.69) is 20.6 Å². The van der Waals surface area contributed by atoms with E-state index in [1.54, 1.807) is 19.5 Å². The van der Waals surface area contributed by atoms with Crippen molar-refractivity contribution in [3.05, 3.63) is 12.4 Å². The third kappa shape index (κ3) is 3.30. The van der Waals surface area contributed by atoms with Crippen molar-refractivity contribution < 1.29 is 4.74 Å². The molecule has 1 heterocycles. The Kier molecular flexibility index (Phi) is 4.14. The van der Waals surface area contributed by atoms with E-state index in [1.807, 2.05) is 7.05 Å². The summed E-state index contributed by atoms with van der Waals surface area (Å²) in [5.41, 5.74) is 0. The molecule has 0 aliphatic heterocycles. The van der Waals surface area contributed by atoms with Crippen molar-refractivity contribution in [2.24, 2.45) is 0 Å². The lowest BCUT2D eigenvalue weighted by Gasteiger charge is -2.28. The average Bonchev–Trinajstić information content (AvgIpc) is 2.40. The van der Waals surface area contributed by atoms with Crippen LogP contribution in [0.15, 0.2) is 12.4 Å². The molecule has 0 bridgehead atoms. The number of methoxy groups -OCH3 is 1. The Morgan fingerprint density at radius 3 is 2.24 bits per heavy atom. The molecule has 94 valence electrons. The first kappa shape index (κ1) is 12.1. The van der Waals surface area contributed by atoms with E-state index in [4.69, 9.17) is 4.74 Å². The summed E-state index contributed by atoms with van der Waals surface area (Å²) in [6, 6.07) is 1.16. The number of aromatic nitrogens is 2. The lowest BCUT2D eigenvalue weighted by molar-refractivity contribution is 0.370. The van der Waals surface area contributed by atoms with Crippen molar-refractivity contribution in [1.29, 1.82) is 0 Å². The SMILES string of the molecule is CNC1CCC(Nc2ncc(OC)cn2)CC1. The maximum atomic E-state index is 5.03. The Balaban J connectivity index is 1.84. The molecule has 1 aliphatic rings. The van der Waals surface area contributed by atoms with Crippen LogP contribution in [0, 0.1) is 0 Å². The minimum absolute atomic E-state index is 0.494. The second-order valence-corrected chi connectivity index (χ2v) is 4.43. The predicted molar refractivity (Wildman–Crippen MR) is 67.3 cm³/mol. The van der Waals surface area contributed by atoms with Gasteiger partial charge in [-0.1, -0.05) is 0 Å². The van der Waals surface area contributed by atoms with Crippen LogP contribution < -0.4 is 15.4 Å². The highest BCUT2D eigenvalue weighted by atomic mass is 16.5. The third-order valence-electron chi connectivity index (χ3n) is 3.33. The summed E-state index contributed by atoms with van der Waals surface area (Å²) in [6.45, 7) is 0. The average molecular weight is 236 g/mol. The second-order valence-electron chi connectivity index (χ2n) is 4.43. The Morgan fingerprint density at radius 2 is 1.71 bits per heavy atom. The summed E-state index contributed by atoms with van der Waals surface area (Å²) in [7, 11) is 3.65. The van der Waals surface area contributed by atoms with E-state index in [1.165, 1.54) is 25.7 Å². The maximum Gasteiger partial charge on any atom is 0.223 e. The molecule has 0 radical (unpaired) electrons. The molecule has 0 spiro atoms. The summed E-state index contributed by atoms with van der Waals surface area (Å²) in [6.07, 6.45) is 8.14. The fourth-order valence-corrected chi connectivity index (χ4v) is 2.21. The van der Waals surface area contributed by atoms with Crippen LogP contribution in [0.4, 0.5) is 5.95 Å². The Hall–Kier alpha value is -1.36. The molecule has 5 nitrogen and oxygen atoms in total. The second kappa shape index (κ2) is 5.82. The van der Waals surface area contributed by atoms with Gasteiger partial charge in [-0.05, 0) is 32.7 Å². The Bertz CT molecular complexity index is 333. The molecular formula is C12H20N4O. The number of hydrogen-bond acceptors (Lipinski definition) is 5. The zero-order chi connectivity index (χ0) is 12.1. The van der Waals surface area contributed by atoms with Crippen LogP contribution in [0.2, 0.25) is 0 Å². The molecule has 0 amide bonds. The summed E-state index contributed by atoms with van der Waals surface area (Å²) in [5, 5.41) is 6.70. The standard InChI is InChI=1S/C12H20N4O/c1-13-9-3-5-10(6-4-9)16-12-14-7-11(17-2)8-15-12/h7-10,13H,3-6H2,1-2H3,(H,14,15,16). The van der Waals surface area contributed by atoms with E-state index < -0.39 is 0 Å². The van der Waals surface area contributed by atoms with Gasteiger partial charge in [0.2, 0.25) is 5.95 Å². The lowest BCUT2D eigenvalue weighted by Crippen LogP contribution is -2.35. The van der Waals surface area contributed by atoms with Crippen molar-refractivity contribution in [3.63, 3.8) is 0 Å². The van der Waals surface area contributed by atoms with Gasteiger partial charge in [0.25, 0.3) is 0 Å². The van der Waals surface area contributed by atoms with Crippen molar-refractivity contribution in [2.75, 3.05) is 19.5 Å².